The van der Waals surface area contributed by atoms with E-state index < -0.39 is 17.8 Å². The smallest absolute Gasteiger partial charge is 0.357 e. The highest BCUT2D eigenvalue weighted by Gasteiger charge is 2.30. The first-order valence-electron chi connectivity index (χ1n) is 9.23. The number of benzene rings is 1. The summed E-state index contributed by atoms with van der Waals surface area (Å²) in [5, 5.41) is 5.18. The van der Waals surface area contributed by atoms with Crippen LogP contribution in [0.1, 0.15) is 30.9 Å². The Kier molecular flexibility index (Phi) is 6.06. The average molecular weight is 392 g/mol. The Labute approximate surface area is 162 Å². The summed E-state index contributed by atoms with van der Waals surface area (Å²) in [6.07, 6.45) is -0.345. The number of rotatable bonds is 4. The number of urea groups is 1. The zero-order valence-corrected chi connectivity index (χ0v) is 15.6. The first-order chi connectivity index (χ1) is 13.3. The van der Waals surface area contributed by atoms with Crippen LogP contribution < -0.4 is 15.5 Å². The fourth-order valence-electron chi connectivity index (χ4n) is 3.05. The molecule has 0 radical (unpaired) electrons. The second-order valence-electron chi connectivity index (χ2n) is 7.08. The van der Waals surface area contributed by atoms with Gasteiger partial charge in [-0.1, -0.05) is 13.0 Å². The van der Waals surface area contributed by atoms with E-state index in [1.807, 2.05) is 12.1 Å². The van der Waals surface area contributed by atoms with Crippen LogP contribution in [0.4, 0.5) is 29.5 Å². The molecule has 1 aromatic carbocycles. The van der Waals surface area contributed by atoms with Crippen molar-refractivity contribution in [1.82, 2.24) is 10.3 Å². The van der Waals surface area contributed by atoms with E-state index in [1.165, 1.54) is 12.1 Å². The standard InChI is InChI=1S/C20H23F3N4O/c1-14-8-10-27(11-9-14)18-7-2-15(12-24-18)13-25-19(28)26-17-5-3-16(4-6-17)20(21,22)23/h2-7,12,14H,8-11,13H2,1H3,(H2,25,26,28). The number of hydrogen-bond donors (Lipinski definition) is 2. The first-order valence-corrected chi connectivity index (χ1v) is 9.23. The van der Waals surface area contributed by atoms with Gasteiger partial charge < -0.3 is 15.5 Å². The third-order valence-electron chi connectivity index (χ3n) is 4.84. The van der Waals surface area contributed by atoms with Crippen molar-refractivity contribution in [3.63, 3.8) is 0 Å². The molecule has 0 bridgehead atoms. The minimum absolute atomic E-state index is 0.275. The lowest BCUT2D eigenvalue weighted by Crippen LogP contribution is -2.33. The summed E-state index contributed by atoms with van der Waals surface area (Å²) in [6.45, 7) is 4.54. The predicted molar refractivity (Wildman–Crippen MR) is 102 cm³/mol. The summed E-state index contributed by atoms with van der Waals surface area (Å²) in [5.41, 5.74) is 0.378. The van der Waals surface area contributed by atoms with E-state index in [0.29, 0.717) is 5.69 Å². The van der Waals surface area contributed by atoms with Crippen LogP contribution >= 0.6 is 0 Å². The molecule has 1 aliphatic rings. The van der Waals surface area contributed by atoms with Crippen molar-refractivity contribution in [3.05, 3.63) is 53.7 Å². The van der Waals surface area contributed by atoms with E-state index in [9.17, 15) is 18.0 Å². The fraction of sp³-hybridized carbons (Fsp3) is 0.400. The van der Waals surface area contributed by atoms with Crippen LogP contribution in [0.5, 0.6) is 0 Å². The van der Waals surface area contributed by atoms with Gasteiger partial charge in [-0.25, -0.2) is 9.78 Å². The molecule has 0 atom stereocenters. The van der Waals surface area contributed by atoms with E-state index in [2.05, 4.69) is 27.4 Å². The second-order valence-corrected chi connectivity index (χ2v) is 7.08. The molecule has 150 valence electrons. The lowest BCUT2D eigenvalue weighted by atomic mass is 9.99. The highest BCUT2D eigenvalue weighted by atomic mass is 19.4. The number of aromatic nitrogens is 1. The lowest BCUT2D eigenvalue weighted by Gasteiger charge is -2.31. The molecule has 1 saturated heterocycles. The molecule has 2 heterocycles. The number of hydrogen-bond acceptors (Lipinski definition) is 3. The van der Waals surface area contributed by atoms with E-state index in [-0.39, 0.29) is 6.54 Å². The summed E-state index contributed by atoms with van der Waals surface area (Å²) >= 11 is 0. The Morgan fingerprint density at radius 2 is 1.82 bits per heavy atom. The molecule has 0 unspecified atom stereocenters. The SMILES string of the molecule is CC1CCN(c2ccc(CNC(=O)Nc3ccc(C(F)(F)F)cc3)cn2)CC1. The van der Waals surface area contributed by atoms with Crippen LogP contribution in [0.2, 0.25) is 0 Å². The van der Waals surface area contributed by atoms with Crippen LogP contribution in [0.25, 0.3) is 0 Å². The van der Waals surface area contributed by atoms with Crippen LogP contribution in [0.15, 0.2) is 42.6 Å². The quantitative estimate of drug-likeness (QED) is 0.796. The van der Waals surface area contributed by atoms with Crippen molar-refractivity contribution in [1.29, 1.82) is 0 Å². The fourth-order valence-corrected chi connectivity index (χ4v) is 3.05. The van der Waals surface area contributed by atoms with Gasteiger partial charge in [0.05, 0.1) is 5.56 Å². The number of amides is 2. The molecule has 1 aromatic heterocycles. The Morgan fingerprint density at radius 3 is 2.39 bits per heavy atom. The van der Waals surface area contributed by atoms with Gasteiger partial charge in [-0.15, -0.1) is 0 Å². The van der Waals surface area contributed by atoms with Crippen molar-refractivity contribution < 1.29 is 18.0 Å². The molecule has 2 aromatic rings. The van der Waals surface area contributed by atoms with Gasteiger partial charge in [0, 0.05) is 31.5 Å². The number of anilines is 2. The van der Waals surface area contributed by atoms with Crippen LogP contribution in [0.3, 0.4) is 0 Å². The molecular weight excluding hydrogens is 369 g/mol. The van der Waals surface area contributed by atoms with Crippen LogP contribution in [-0.2, 0) is 12.7 Å². The molecule has 1 aliphatic heterocycles. The summed E-state index contributed by atoms with van der Waals surface area (Å²) in [4.78, 5) is 18.7. The molecular formula is C20H23F3N4O. The van der Waals surface area contributed by atoms with E-state index in [1.54, 1.807) is 6.20 Å². The molecule has 2 amide bonds. The lowest BCUT2D eigenvalue weighted by molar-refractivity contribution is -0.137. The van der Waals surface area contributed by atoms with Gasteiger partial charge >= 0.3 is 12.2 Å². The molecule has 0 aliphatic carbocycles. The van der Waals surface area contributed by atoms with Crippen molar-refractivity contribution in [3.8, 4) is 0 Å². The molecule has 3 rings (SSSR count). The number of halogens is 3. The molecule has 8 heteroatoms. The monoisotopic (exact) mass is 392 g/mol. The number of carbonyl (C=O) groups excluding carboxylic acids is 1. The van der Waals surface area contributed by atoms with Gasteiger partial charge in [0.15, 0.2) is 0 Å². The Bertz CT molecular complexity index is 783. The minimum Gasteiger partial charge on any atom is -0.357 e. The molecule has 2 N–H and O–H groups in total. The van der Waals surface area contributed by atoms with Crippen molar-refractivity contribution >= 4 is 17.5 Å². The number of pyridine rings is 1. The third kappa shape index (κ3) is 5.37. The Hall–Kier alpha value is -2.77. The largest absolute Gasteiger partial charge is 0.416 e. The van der Waals surface area contributed by atoms with Gasteiger partial charge in [-0.05, 0) is 54.7 Å². The highest BCUT2D eigenvalue weighted by Crippen LogP contribution is 2.29. The number of carbonyl (C=O) groups is 1. The van der Waals surface area contributed by atoms with E-state index in [4.69, 9.17) is 0 Å². The minimum atomic E-state index is -4.40. The Balaban J connectivity index is 1.48. The van der Waals surface area contributed by atoms with E-state index >= 15 is 0 Å². The van der Waals surface area contributed by atoms with Crippen molar-refractivity contribution in [2.24, 2.45) is 5.92 Å². The number of piperidine rings is 1. The molecule has 0 spiro atoms. The molecule has 5 nitrogen and oxygen atoms in total. The van der Waals surface area contributed by atoms with Gasteiger partial charge in [-0.2, -0.15) is 13.2 Å². The van der Waals surface area contributed by atoms with Crippen molar-refractivity contribution in [2.75, 3.05) is 23.3 Å². The maximum Gasteiger partial charge on any atom is 0.416 e. The molecule has 0 saturated carbocycles. The number of nitrogens with zero attached hydrogens (tertiary/aromatic N) is 2. The predicted octanol–water partition coefficient (Wildman–Crippen LogP) is 4.66. The van der Waals surface area contributed by atoms with Crippen molar-refractivity contribution in [2.45, 2.75) is 32.5 Å². The third-order valence-corrected chi connectivity index (χ3v) is 4.84. The van der Waals surface area contributed by atoms with Gasteiger partial charge in [0.2, 0.25) is 0 Å². The maximum absolute atomic E-state index is 12.5. The second kappa shape index (κ2) is 8.50. The molecule has 28 heavy (non-hydrogen) atoms. The average Bonchev–Trinajstić information content (AvgIpc) is 2.67. The van der Waals surface area contributed by atoms with Gasteiger partial charge in [-0.3, -0.25) is 0 Å². The highest BCUT2D eigenvalue weighted by molar-refractivity contribution is 5.89. The number of alkyl halides is 3. The van der Waals surface area contributed by atoms with Gasteiger partial charge in [0.25, 0.3) is 0 Å². The first kappa shape index (κ1) is 20.0. The normalized spacial score (nSPS) is 15.4. The Morgan fingerprint density at radius 1 is 1.14 bits per heavy atom. The maximum atomic E-state index is 12.5. The number of nitrogens with one attached hydrogen (secondary N) is 2. The van der Waals surface area contributed by atoms with E-state index in [0.717, 1.165) is 55.4 Å². The van der Waals surface area contributed by atoms with Crippen LogP contribution in [-0.4, -0.2) is 24.1 Å². The van der Waals surface area contributed by atoms with Gasteiger partial charge in [0.1, 0.15) is 5.82 Å². The summed E-state index contributed by atoms with van der Waals surface area (Å²) in [7, 11) is 0. The zero-order valence-electron chi connectivity index (χ0n) is 15.6. The zero-order chi connectivity index (χ0) is 20.1. The summed E-state index contributed by atoms with van der Waals surface area (Å²) < 4.78 is 37.6. The topological polar surface area (TPSA) is 57.3 Å². The summed E-state index contributed by atoms with van der Waals surface area (Å²) in [5.74, 6) is 1.69. The van der Waals surface area contributed by atoms with Crippen LogP contribution in [0, 0.1) is 5.92 Å². The summed E-state index contributed by atoms with van der Waals surface area (Å²) in [6, 6.07) is 7.67. The molecule has 1 fully saturated rings.